The number of aromatic nitrogens is 4. The minimum Gasteiger partial charge on any atom is -0.507 e. The largest absolute Gasteiger partial charge is 0.507 e. The van der Waals surface area contributed by atoms with Crippen LogP contribution in [0.5, 0.6) is 5.75 Å². The first-order chi connectivity index (χ1) is 29.4. The number of aromatic hydroxyl groups is 1. The van der Waals surface area contributed by atoms with E-state index in [1.807, 2.05) is 36.5 Å². The van der Waals surface area contributed by atoms with Gasteiger partial charge in [0.25, 0.3) is 0 Å². The van der Waals surface area contributed by atoms with Gasteiger partial charge in [-0.25, -0.2) is 4.98 Å². The van der Waals surface area contributed by atoms with Gasteiger partial charge in [0.1, 0.15) is 11.6 Å². The fourth-order valence-electron chi connectivity index (χ4n) is 8.67. The Hall–Kier alpha value is -6.55. The van der Waals surface area contributed by atoms with Gasteiger partial charge in [-0.1, -0.05) is 167 Å². The smallest absolute Gasteiger partial charge is 0.148 e. The molecule has 7 aromatic carbocycles. The van der Waals surface area contributed by atoms with Crippen molar-refractivity contribution in [3.63, 3.8) is 0 Å². The second-order valence-electron chi connectivity index (χ2n) is 18.0. The first-order valence-corrected chi connectivity index (χ1v) is 21.0. The van der Waals surface area contributed by atoms with Crippen molar-refractivity contribution >= 4 is 32.8 Å². The fraction of sp³-hybridized carbons (Fsp3) is 0.143. The molecule has 10 aromatic rings. The van der Waals surface area contributed by atoms with E-state index >= 15 is 0 Å². The molecule has 0 fully saturated rings. The van der Waals surface area contributed by atoms with E-state index in [4.69, 9.17) is 9.97 Å². The van der Waals surface area contributed by atoms with Crippen LogP contribution in [0.15, 0.2) is 170 Å². The molecule has 1 N–H and O–H groups in total. The molecule has 10 rings (SSSR count). The summed E-state index contributed by atoms with van der Waals surface area (Å²) in [5, 5.41) is 14.5. The summed E-state index contributed by atoms with van der Waals surface area (Å²) in [5.41, 5.74) is 14.0. The molecule has 0 amide bonds. The predicted molar refractivity (Wildman–Crippen MR) is 253 cm³/mol. The maximum atomic E-state index is 12.2. The Balaban J connectivity index is 0.00000490. The molecule has 6 heteroatoms. The van der Waals surface area contributed by atoms with Gasteiger partial charge in [-0.05, 0) is 64.4 Å². The molecule has 0 spiro atoms. The SMILES string of the molecule is CC(C)(C)c1cc(-c2nc3c(-c4[c-]c(-c5cc6c7ccccc7n(-c7ccccc7)c6cn5)cc(-c5ccccc5)c4)cccc3n2-c2ccccc2)c(O)c(C(C)(C)C)c1.[Pt]. The summed E-state index contributed by atoms with van der Waals surface area (Å²) >= 11 is 0. The van der Waals surface area contributed by atoms with Crippen LogP contribution in [0.1, 0.15) is 52.7 Å². The maximum absolute atomic E-state index is 12.2. The zero-order valence-corrected chi connectivity index (χ0v) is 38.0. The normalized spacial score (nSPS) is 12.0. The van der Waals surface area contributed by atoms with Gasteiger partial charge in [-0.15, -0.1) is 23.8 Å². The van der Waals surface area contributed by atoms with Crippen LogP contribution in [0.3, 0.4) is 0 Å². The van der Waals surface area contributed by atoms with E-state index in [9.17, 15) is 5.11 Å². The third-order valence-corrected chi connectivity index (χ3v) is 11.8. The number of hydrogen-bond donors (Lipinski definition) is 1. The minimum atomic E-state index is -0.300. The molecular formula is C56H47N4OPt-. The number of rotatable bonds is 6. The molecule has 0 bridgehead atoms. The maximum Gasteiger partial charge on any atom is 0.148 e. The number of fused-ring (bicyclic) bond motifs is 4. The number of para-hydroxylation sites is 4. The van der Waals surface area contributed by atoms with Gasteiger partial charge in [0, 0.05) is 60.7 Å². The number of phenols is 1. The third-order valence-electron chi connectivity index (χ3n) is 11.8. The standard InChI is InChI=1S/C56H47N4O.Pt/c1-55(2,3)40-32-46(53(61)47(33-40)56(4,5)6)54-58-52-43(26-18-28-50(52)60(54)42-23-14-9-15-24-42)38-29-37(36-19-10-7-11-20-36)30-39(31-38)48-34-45-44-25-16-17-27-49(44)59(51(45)35-57-48)41-21-12-8-13-22-41;/h7-30,32-35,61H,1-6H3;/q-1;. The molecule has 5 nitrogen and oxygen atoms in total. The quantitative estimate of drug-likeness (QED) is 0.169. The number of nitrogens with zero attached hydrogens (tertiary/aromatic N) is 4. The van der Waals surface area contributed by atoms with E-state index in [0.29, 0.717) is 11.4 Å². The number of imidazole rings is 1. The molecule has 0 aliphatic heterocycles. The van der Waals surface area contributed by atoms with Gasteiger partial charge >= 0.3 is 0 Å². The van der Waals surface area contributed by atoms with Crippen molar-refractivity contribution in [2.75, 3.05) is 0 Å². The van der Waals surface area contributed by atoms with Crippen LogP contribution >= 0.6 is 0 Å². The van der Waals surface area contributed by atoms with Crippen molar-refractivity contribution in [1.29, 1.82) is 0 Å². The molecular weight excluding hydrogens is 940 g/mol. The summed E-state index contributed by atoms with van der Waals surface area (Å²) in [4.78, 5) is 10.7. The van der Waals surface area contributed by atoms with E-state index in [1.165, 1.54) is 5.39 Å². The molecule has 308 valence electrons. The van der Waals surface area contributed by atoms with E-state index in [-0.39, 0.29) is 37.6 Å². The van der Waals surface area contributed by atoms with Gasteiger partial charge in [0.2, 0.25) is 0 Å². The zero-order valence-electron chi connectivity index (χ0n) is 35.7. The Morgan fingerprint density at radius 2 is 1.13 bits per heavy atom. The first-order valence-electron chi connectivity index (χ1n) is 21.0. The van der Waals surface area contributed by atoms with Crippen molar-refractivity contribution in [3.05, 3.63) is 187 Å². The Kier molecular flexibility index (Phi) is 10.4. The summed E-state index contributed by atoms with van der Waals surface area (Å²) in [6.45, 7) is 13.1. The zero-order chi connectivity index (χ0) is 42.0. The average molecular weight is 987 g/mol. The van der Waals surface area contributed by atoms with Crippen LogP contribution in [-0.2, 0) is 31.9 Å². The Morgan fingerprint density at radius 3 is 1.81 bits per heavy atom. The average Bonchev–Trinajstić information content (AvgIpc) is 3.82. The molecule has 3 heterocycles. The van der Waals surface area contributed by atoms with Gasteiger partial charge < -0.3 is 9.67 Å². The molecule has 0 aliphatic rings. The summed E-state index contributed by atoms with van der Waals surface area (Å²) < 4.78 is 4.48. The summed E-state index contributed by atoms with van der Waals surface area (Å²) in [7, 11) is 0. The van der Waals surface area contributed by atoms with Crippen LogP contribution < -0.4 is 0 Å². The Morgan fingerprint density at radius 1 is 0.516 bits per heavy atom. The second kappa shape index (κ2) is 15.7. The molecule has 0 saturated heterocycles. The van der Waals surface area contributed by atoms with Gasteiger partial charge in [-0.2, -0.15) is 0 Å². The van der Waals surface area contributed by atoms with Gasteiger partial charge in [0.05, 0.1) is 27.6 Å². The van der Waals surface area contributed by atoms with E-state index in [2.05, 4.69) is 190 Å². The van der Waals surface area contributed by atoms with E-state index in [0.717, 1.165) is 83.5 Å². The fourth-order valence-corrected chi connectivity index (χ4v) is 8.67. The number of benzene rings is 7. The summed E-state index contributed by atoms with van der Waals surface area (Å²) in [5.74, 6) is 0.939. The monoisotopic (exact) mass is 986 g/mol. The van der Waals surface area contributed by atoms with E-state index in [1.54, 1.807) is 0 Å². The van der Waals surface area contributed by atoms with Crippen LogP contribution in [0, 0.1) is 6.07 Å². The van der Waals surface area contributed by atoms with Crippen LogP contribution in [0.4, 0.5) is 0 Å². The topological polar surface area (TPSA) is 55.9 Å². The Bertz CT molecular complexity index is 3260. The van der Waals surface area contributed by atoms with Gasteiger partial charge in [-0.3, -0.25) is 9.55 Å². The van der Waals surface area contributed by atoms with Crippen LogP contribution in [0.25, 0.3) is 89.1 Å². The van der Waals surface area contributed by atoms with Crippen LogP contribution in [-0.4, -0.2) is 24.2 Å². The molecule has 0 aliphatic carbocycles. The molecule has 62 heavy (non-hydrogen) atoms. The second-order valence-corrected chi connectivity index (χ2v) is 18.0. The number of phenolic OH excluding ortho intramolecular Hbond substituents is 1. The summed E-state index contributed by atoms with van der Waals surface area (Å²) in [6, 6.07) is 61.0. The third kappa shape index (κ3) is 7.15. The number of pyridine rings is 1. The molecule has 0 saturated carbocycles. The van der Waals surface area contributed by atoms with Crippen molar-refractivity contribution in [2.24, 2.45) is 0 Å². The van der Waals surface area contributed by atoms with Crippen LogP contribution in [0.2, 0.25) is 0 Å². The van der Waals surface area contributed by atoms with Crippen molar-refractivity contribution in [3.8, 4) is 62.0 Å². The van der Waals surface area contributed by atoms with Crippen molar-refractivity contribution in [1.82, 2.24) is 19.1 Å². The molecule has 0 atom stereocenters. The number of hydrogen-bond acceptors (Lipinski definition) is 3. The molecule has 3 aromatic heterocycles. The summed E-state index contributed by atoms with van der Waals surface area (Å²) in [6.07, 6.45) is 2.00. The van der Waals surface area contributed by atoms with Crippen molar-refractivity contribution < 1.29 is 26.2 Å². The Labute approximate surface area is 377 Å². The predicted octanol–water partition coefficient (Wildman–Crippen LogP) is 14.3. The molecule has 0 radical (unpaired) electrons. The van der Waals surface area contributed by atoms with Gasteiger partial charge in [0.15, 0.2) is 0 Å². The first kappa shape index (κ1) is 40.8. The minimum absolute atomic E-state index is 0. The van der Waals surface area contributed by atoms with E-state index < -0.39 is 0 Å². The van der Waals surface area contributed by atoms with Crippen molar-refractivity contribution in [2.45, 2.75) is 52.4 Å². The molecule has 0 unspecified atom stereocenters.